The number of aryl methyl sites for hydroxylation is 1. The quantitative estimate of drug-likeness (QED) is 0.532. The number of carbonyl (C=O) groups is 2. The second-order valence-electron chi connectivity index (χ2n) is 10.4. The molecular formula is C28H33N7O4. The number of amides is 2. The van der Waals surface area contributed by atoms with E-state index in [9.17, 15) is 9.59 Å². The van der Waals surface area contributed by atoms with Gasteiger partial charge >= 0.3 is 0 Å². The molecule has 0 unspecified atom stereocenters. The van der Waals surface area contributed by atoms with Gasteiger partial charge in [-0.3, -0.25) is 24.2 Å². The van der Waals surface area contributed by atoms with Crippen LogP contribution in [-0.4, -0.2) is 92.6 Å². The van der Waals surface area contributed by atoms with E-state index in [1.165, 1.54) is 0 Å². The van der Waals surface area contributed by atoms with Crippen LogP contribution in [0.4, 0.5) is 0 Å². The number of nitrogens with zero attached hydrogens (tertiary/aromatic N) is 6. The zero-order valence-corrected chi connectivity index (χ0v) is 21.8. The third-order valence-electron chi connectivity index (χ3n) is 7.72. The van der Waals surface area contributed by atoms with E-state index in [4.69, 9.17) is 9.47 Å². The molecule has 2 saturated heterocycles. The number of ether oxygens (including phenoxy) is 2. The van der Waals surface area contributed by atoms with Crippen molar-refractivity contribution in [2.45, 2.75) is 50.6 Å². The van der Waals surface area contributed by atoms with Crippen LogP contribution in [0, 0.1) is 0 Å². The molecule has 5 heterocycles. The Morgan fingerprint density at radius 3 is 2.82 bits per heavy atom. The number of benzene rings is 1. The number of fused-ring (bicyclic) bond motifs is 5. The van der Waals surface area contributed by atoms with Crippen molar-refractivity contribution < 1.29 is 19.1 Å². The van der Waals surface area contributed by atoms with E-state index in [0.717, 1.165) is 25.0 Å². The number of hydrogen-bond donors (Lipinski definition) is 1. The Hall–Kier alpha value is -3.83. The average molecular weight is 532 g/mol. The van der Waals surface area contributed by atoms with E-state index in [1.54, 1.807) is 30.6 Å². The summed E-state index contributed by atoms with van der Waals surface area (Å²) in [7, 11) is 0. The van der Waals surface area contributed by atoms with Gasteiger partial charge in [-0.1, -0.05) is 11.3 Å². The molecule has 2 amide bonds. The molecule has 204 valence electrons. The van der Waals surface area contributed by atoms with Crippen molar-refractivity contribution in [3.05, 3.63) is 71.8 Å². The lowest BCUT2D eigenvalue weighted by Crippen LogP contribution is -2.47. The van der Waals surface area contributed by atoms with E-state index >= 15 is 0 Å². The highest BCUT2D eigenvalue weighted by atomic mass is 16.5. The van der Waals surface area contributed by atoms with Gasteiger partial charge in [0.2, 0.25) is 0 Å². The Morgan fingerprint density at radius 1 is 1.08 bits per heavy atom. The van der Waals surface area contributed by atoms with Crippen molar-refractivity contribution in [1.82, 2.24) is 35.1 Å². The molecule has 0 spiro atoms. The molecule has 6 rings (SSSR count). The van der Waals surface area contributed by atoms with Crippen molar-refractivity contribution in [1.29, 1.82) is 0 Å². The molecule has 3 aliphatic rings. The molecule has 3 aliphatic heterocycles. The summed E-state index contributed by atoms with van der Waals surface area (Å²) < 4.78 is 14.0. The van der Waals surface area contributed by atoms with Crippen LogP contribution in [0.5, 0.6) is 5.75 Å². The molecule has 1 N–H and O–H groups in total. The van der Waals surface area contributed by atoms with Gasteiger partial charge in [-0.15, -0.1) is 5.10 Å². The predicted octanol–water partition coefficient (Wildman–Crippen LogP) is 1.76. The number of piperidine rings is 1. The Labute approximate surface area is 227 Å². The van der Waals surface area contributed by atoms with E-state index in [2.05, 4.69) is 25.5 Å². The monoisotopic (exact) mass is 531 g/mol. The van der Waals surface area contributed by atoms with Gasteiger partial charge in [0.25, 0.3) is 11.8 Å². The van der Waals surface area contributed by atoms with Gasteiger partial charge in [0.1, 0.15) is 11.4 Å². The summed E-state index contributed by atoms with van der Waals surface area (Å²) in [4.78, 5) is 34.5. The van der Waals surface area contributed by atoms with Crippen LogP contribution in [0.25, 0.3) is 0 Å². The highest BCUT2D eigenvalue weighted by molar-refractivity contribution is 5.95. The number of pyridine rings is 1. The largest absolute Gasteiger partial charge is 0.494 e. The summed E-state index contributed by atoms with van der Waals surface area (Å²) >= 11 is 0. The van der Waals surface area contributed by atoms with Crippen LogP contribution in [0.2, 0.25) is 0 Å². The van der Waals surface area contributed by atoms with Crippen LogP contribution in [0.1, 0.15) is 45.7 Å². The minimum absolute atomic E-state index is 0.0255. The normalized spacial score (nSPS) is 23.1. The van der Waals surface area contributed by atoms with E-state index in [-0.39, 0.29) is 24.0 Å². The lowest BCUT2D eigenvalue weighted by molar-refractivity contribution is 0.0248. The van der Waals surface area contributed by atoms with Gasteiger partial charge in [-0.05, 0) is 43.2 Å². The molecule has 11 nitrogen and oxygen atoms in total. The van der Waals surface area contributed by atoms with Crippen molar-refractivity contribution in [3.63, 3.8) is 0 Å². The summed E-state index contributed by atoms with van der Waals surface area (Å²) in [6.07, 6.45) is 7.51. The number of rotatable bonds is 2. The number of carbonyl (C=O) groups excluding carboxylic acids is 2. The molecule has 11 heteroatoms. The lowest BCUT2D eigenvalue weighted by Gasteiger charge is -2.36. The average Bonchev–Trinajstić information content (AvgIpc) is 3.61. The first-order valence-electron chi connectivity index (χ1n) is 13.6. The molecule has 0 radical (unpaired) electrons. The molecule has 2 fully saturated rings. The zero-order valence-electron chi connectivity index (χ0n) is 21.8. The van der Waals surface area contributed by atoms with Crippen molar-refractivity contribution in [2.75, 3.05) is 32.8 Å². The summed E-state index contributed by atoms with van der Waals surface area (Å²) in [5.41, 5.74) is 1.95. The fourth-order valence-electron chi connectivity index (χ4n) is 5.62. The second kappa shape index (κ2) is 11.5. The maximum atomic E-state index is 13.2. The van der Waals surface area contributed by atoms with Gasteiger partial charge in [-0.25, -0.2) is 0 Å². The molecule has 0 aliphatic carbocycles. The summed E-state index contributed by atoms with van der Waals surface area (Å²) in [6.45, 7) is 4.29. The highest BCUT2D eigenvalue weighted by Gasteiger charge is 2.39. The molecule has 0 saturated carbocycles. The van der Waals surface area contributed by atoms with Gasteiger partial charge < -0.3 is 19.7 Å². The summed E-state index contributed by atoms with van der Waals surface area (Å²) in [6, 6.07) is 11.0. The molecule has 3 aromatic rings. The van der Waals surface area contributed by atoms with Crippen molar-refractivity contribution >= 4 is 11.8 Å². The Bertz CT molecular complexity index is 1290. The van der Waals surface area contributed by atoms with Crippen LogP contribution in [0.15, 0.2) is 55.0 Å². The maximum Gasteiger partial charge on any atom is 0.255 e. The van der Waals surface area contributed by atoms with E-state index in [0.29, 0.717) is 68.9 Å². The molecular weight excluding hydrogens is 498 g/mol. The smallest absolute Gasteiger partial charge is 0.255 e. The van der Waals surface area contributed by atoms with Gasteiger partial charge in [-0.2, -0.15) is 0 Å². The first kappa shape index (κ1) is 25.4. The van der Waals surface area contributed by atoms with Crippen LogP contribution in [-0.2, 0) is 17.9 Å². The zero-order chi connectivity index (χ0) is 26.6. The van der Waals surface area contributed by atoms with E-state index < -0.39 is 0 Å². The third-order valence-corrected chi connectivity index (χ3v) is 7.72. The van der Waals surface area contributed by atoms with Gasteiger partial charge in [0.05, 0.1) is 37.1 Å². The Morgan fingerprint density at radius 2 is 1.97 bits per heavy atom. The van der Waals surface area contributed by atoms with Crippen LogP contribution >= 0.6 is 0 Å². The highest BCUT2D eigenvalue weighted by Crippen LogP contribution is 2.25. The SMILES string of the molecule is O=C1N[C@H]2CN(C3CCN(C(=O)c4cccnc4)CC3)C[C@@H]2OCc2cn(nn2)CCCOc2cccc1c2. The lowest BCUT2D eigenvalue weighted by atomic mass is 10.0. The molecule has 2 atom stereocenters. The van der Waals surface area contributed by atoms with Crippen LogP contribution in [0.3, 0.4) is 0 Å². The Kier molecular flexibility index (Phi) is 7.51. The maximum absolute atomic E-state index is 13.2. The first-order chi connectivity index (χ1) is 19.1. The molecule has 39 heavy (non-hydrogen) atoms. The minimum Gasteiger partial charge on any atom is -0.494 e. The summed E-state index contributed by atoms with van der Waals surface area (Å²) in [5.74, 6) is 0.552. The topological polar surface area (TPSA) is 115 Å². The molecule has 4 bridgehead atoms. The number of hydrogen-bond acceptors (Lipinski definition) is 8. The number of nitrogens with one attached hydrogen (secondary N) is 1. The molecule has 1 aromatic carbocycles. The van der Waals surface area contributed by atoms with Gasteiger partial charge in [0.15, 0.2) is 0 Å². The van der Waals surface area contributed by atoms with Gasteiger partial charge in [0, 0.05) is 63.1 Å². The third kappa shape index (κ3) is 5.94. The first-order valence-corrected chi connectivity index (χ1v) is 13.6. The minimum atomic E-state index is -0.193. The second-order valence-corrected chi connectivity index (χ2v) is 10.4. The van der Waals surface area contributed by atoms with Crippen molar-refractivity contribution in [3.8, 4) is 5.75 Å². The standard InChI is InChI=1S/C28H33N7O4/c36-27-20-4-1-6-24(14-20)38-13-3-10-35-16-22(31-32-35)19-39-26-18-34(17-25(26)30-27)23-7-11-33(12-8-23)28(37)21-5-2-9-29-15-21/h1-2,4-6,9,14-16,23,25-26H,3,7-8,10-13,17-19H2,(H,30,36)/t25-,26-/m0/s1. The summed E-state index contributed by atoms with van der Waals surface area (Å²) in [5, 5.41) is 11.7. The number of aromatic nitrogens is 4. The van der Waals surface area contributed by atoms with Crippen molar-refractivity contribution in [2.24, 2.45) is 0 Å². The Balaban J connectivity index is 1.14. The fourth-order valence-corrected chi connectivity index (χ4v) is 5.62. The fraction of sp³-hybridized carbons (Fsp3) is 0.464. The van der Waals surface area contributed by atoms with E-state index in [1.807, 2.05) is 34.0 Å². The molecule has 2 aromatic heterocycles. The number of likely N-dealkylation sites (tertiary alicyclic amines) is 2. The predicted molar refractivity (Wildman–Crippen MR) is 141 cm³/mol. The van der Waals surface area contributed by atoms with Crippen LogP contribution < -0.4 is 10.1 Å².